The second-order valence-electron chi connectivity index (χ2n) is 4.99. The fraction of sp³-hybridized carbons (Fsp3) is 0.176. The summed E-state index contributed by atoms with van der Waals surface area (Å²) in [6, 6.07) is 17.1. The average molecular weight is 313 g/mol. The summed E-state index contributed by atoms with van der Waals surface area (Å²) >= 11 is 1.38. The first kappa shape index (κ1) is 14.7. The molecule has 0 saturated heterocycles. The Kier molecular flexibility index (Phi) is 3.90. The fourth-order valence-electron chi connectivity index (χ4n) is 2.57. The Morgan fingerprint density at radius 1 is 1.14 bits per heavy atom. The Hall–Kier alpha value is -2.27. The van der Waals surface area contributed by atoms with Crippen molar-refractivity contribution in [1.82, 2.24) is 0 Å². The summed E-state index contributed by atoms with van der Waals surface area (Å²) in [6.45, 7) is 0. The van der Waals surface area contributed by atoms with Crippen LogP contribution in [-0.2, 0) is 19.1 Å². The molecule has 1 heterocycles. The van der Waals surface area contributed by atoms with E-state index < -0.39 is 10.7 Å². The minimum Gasteiger partial charge on any atom is -0.469 e. The van der Waals surface area contributed by atoms with Crippen LogP contribution in [0.25, 0.3) is 0 Å². The Labute approximate surface area is 132 Å². The van der Waals surface area contributed by atoms with Crippen molar-refractivity contribution in [2.45, 2.75) is 16.1 Å². The highest BCUT2D eigenvalue weighted by molar-refractivity contribution is 8.01. The van der Waals surface area contributed by atoms with Crippen molar-refractivity contribution in [3.8, 4) is 0 Å². The van der Waals surface area contributed by atoms with Gasteiger partial charge in [-0.25, -0.2) is 0 Å². The number of para-hydroxylation sites is 1. The number of fused-ring (bicyclic) bond motifs is 1. The second-order valence-corrected chi connectivity index (χ2v) is 6.37. The van der Waals surface area contributed by atoms with E-state index in [4.69, 9.17) is 4.74 Å². The van der Waals surface area contributed by atoms with Crippen molar-refractivity contribution >= 4 is 29.3 Å². The molecule has 0 radical (unpaired) electrons. The summed E-state index contributed by atoms with van der Waals surface area (Å²) in [5.41, 5.74) is 1.57. The van der Waals surface area contributed by atoms with E-state index in [9.17, 15) is 9.59 Å². The normalized spacial score (nSPS) is 19.4. The zero-order chi connectivity index (χ0) is 15.6. The van der Waals surface area contributed by atoms with Gasteiger partial charge in [0.2, 0.25) is 5.91 Å². The number of amides is 1. The number of thioether (sulfide) groups is 1. The number of ether oxygens (including phenoxy) is 1. The molecule has 0 aliphatic carbocycles. The third kappa shape index (κ3) is 2.48. The number of carbonyl (C=O) groups excluding carboxylic acids is 2. The highest BCUT2D eigenvalue weighted by Crippen LogP contribution is 2.51. The van der Waals surface area contributed by atoms with E-state index in [1.54, 1.807) is 0 Å². The molecule has 0 spiro atoms. The van der Waals surface area contributed by atoms with E-state index in [0.29, 0.717) is 0 Å². The molecule has 5 heteroatoms. The Morgan fingerprint density at radius 3 is 2.55 bits per heavy atom. The molecule has 1 aliphatic heterocycles. The maximum Gasteiger partial charge on any atom is 0.307 e. The van der Waals surface area contributed by atoms with Crippen LogP contribution in [0.5, 0.6) is 0 Å². The highest BCUT2D eigenvalue weighted by atomic mass is 32.2. The lowest BCUT2D eigenvalue weighted by Crippen LogP contribution is -2.34. The summed E-state index contributed by atoms with van der Waals surface area (Å²) in [5.74, 6) is -0.594. The molecule has 22 heavy (non-hydrogen) atoms. The number of carbonyl (C=O) groups is 2. The van der Waals surface area contributed by atoms with Crippen LogP contribution in [0.2, 0.25) is 0 Å². The van der Waals surface area contributed by atoms with Crippen LogP contribution >= 0.6 is 11.8 Å². The largest absolute Gasteiger partial charge is 0.469 e. The Bertz CT molecular complexity index is 717. The lowest BCUT2D eigenvalue weighted by atomic mass is 9.96. The van der Waals surface area contributed by atoms with Gasteiger partial charge < -0.3 is 10.1 Å². The van der Waals surface area contributed by atoms with Crippen molar-refractivity contribution in [2.24, 2.45) is 0 Å². The smallest absolute Gasteiger partial charge is 0.307 e. The molecule has 3 rings (SSSR count). The van der Waals surface area contributed by atoms with E-state index in [2.05, 4.69) is 5.32 Å². The van der Waals surface area contributed by atoms with E-state index in [1.165, 1.54) is 18.9 Å². The van der Waals surface area contributed by atoms with Crippen LogP contribution in [0.1, 0.15) is 12.0 Å². The molecule has 1 aliphatic rings. The van der Waals surface area contributed by atoms with Gasteiger partial charge in [0.05, 0.1) is 13.5 Å². The summed E-state index contributed by atoms with van der Waals surface area (Å²) in [5, 5.41) is 2.87. The SMILES string of the molecule is COC(=O)C[C@]1(Sc2ccccc2)C(=O)Nc2ccccc21. The molecule has 0 unspecified atom stereocenters. The van der Waals surface area contributed by atoms with Gasteiger partial charge in [0.15, 0.2) is 0 Å². The van der Waals surface area contributed by atoms with Crippen LogP contribution in [0.15, 0.2) is 59.5 Å². The topological polar surface area (TPSA) is 55.4 Å². The summed E-state index contributed by atoms with van der Waals surface area (Å²) in [6.07, 6.45) is -0.00803. The molecule has 4 nitrogen and oxygen atoms in total. The molecule has 0 fully saturated rings. The van der Waals surface area contributed by atoms with Crippen molar-refractivity contribution in [3.05, 3.63) is 60.2 Å². The molecule has 1 N–H and O–H groups in total. The summed E-state index contributed by atoms with van der Waals surface area (Å²) < 4.78 is 3.81. The molecule has 1 atom stereocenters. The molecule has 2 aromatic carbocycles. The van der Waals surface area contributed by atoms with E-state index in [-0.39, 0.29) is 12.3 Å². The van der Waals surface area contributed by atoms with Crippen LogP contribution in [0.4, 0.5) is 5.69 Å². The first-order chi connectivity index (χ1) is 10.7. The molecule has 1 amide bonds. The first-order valence-corrected chi connectivity index (χ1v) is 7.69. The lowest BCUT2D eigenvalue weighted by Gasteiger charge is -2.25. The number of anilines is 1. The van der Waals surface area contributed by atoms with Crippen molar-refractivity contribution in [3.63, 3.8) is 0 Å². The second kappa shape index (κ2) is 5.85. The van der Waals surface area contributed by atoms with Crippen LogP contribution < -0.4 is 5.32 Å². The minimum atomic E-state index is -0.995. The number of esters is 1. The van der Waals surface area contributed by atoms with E-state index >= 15 is 0 Å². The Morgan fingerprint density at radius 2 is 1.82 bits per heavy atom. The number of benzene rings is 2. The molecule has 2 aromatic rings. The van der Waals surface area contributed by atoms with Gasteiger partial charge >= 0.3 is 5.97 Å². The lowest BCUT2D eigenvalue weighted by molar-refractivity contribution is -0.142. The predicted molar refractivity (Wildman–Crippen MR) is 85.7 cm³/mol. The van der Waals surface area contributed by atoms with Crippen molar-refractivity contribution in [1.29, 1.82) is 0 Å². The van der Waals surface area contributed by atoms with Gasteiger partial charge in [-0.05, 0) is 18.2 Å². The number of rotatable bonds is 4. The quantitative estimate of drug-likeness (QED) is 0.881. The number of hydrogen-bond acceptors (Lipinski definition) is 4. The van der Waals surface area contributed by atoms with E-state index in [1.807, 2.05) is 54.6 Å². The van der Waals surface area contributed by atoms with Crippen LogP contribution in [0.3, 0.4) is 0 Å². The number of nitrogens with one attached hydrogen (secondary N) is 1. The highest BCUT2D eigenvalue weighted by Gasteiger charge is 2.49. The molecular weight excluding hydrogens is 298 g/mol. The summed E-state index contributed by atoms with van der Waals surface area (Å²) in [7, 11) is 1.34. The zero-order valence-corrected chi connectivity index (χ0v) is 12.9. The number of methoxy groups -OCH3 is 1. The molecule has 0 saturated carbocycles. The maximum absolute atomic E-state index is 12.7. The summed E-state index contributed by atoms with van der Waals surface area (Å²) in [4.78, 5) is 25.5. The van der Waals surface area contributed by atoms with E-state index in [0.717, 1.165) is 16.1 Å². The van der Waals surface area contributed by atoms with Crippen molar-refractivity contribution in [2.75, 3.05) is 12.4 Å². The van der Waals surface area contributed by atoms with Gasteiger partial charge in [0.1, 0.15) is 4.75 Å². The maximum atomic E-state index is 12.7. The predicted octanol–water partition coefficient (Wildman–Crippen LogP) is 3.19. The van der Waals surface area contributed by atoms with Crippen LogP contribution in [0, 0.1) is 0 Å². The Balaban J connectivity index is 2.07. The van der Waals surface area contributed by atoms with Gasteiger partial charge in [-0.1, -0.05) is 36.4 Å². The van der Waals surface area contributed by atoms with Crippen LogP contribution in [-0.4, -0.2) is 19.0 Å². The van der Waals surface area contributed by atoms with Gasteiger partial charge in [-0.15, -0.1) is 11.8 Å². The van der Waals surface area contributed by atoms with Gasteiger partial charge in [0.25, 0.3) is 0 Å². The zero-order valence-electron chi connectivity index (χ0n) is 12.0. The first-order valence-electron chi connectivity index (χ1n) is 6.87. The monoisotopic (exact) mass is 313 g/mol. The number of hydrogen-bond donors (Lipinski definition) is 1. The van der Waals surface area contributed by atoms with Gasteiger partial charge in [-0.3, -0.25) is 9.59 Å². The third-order valence-electron chi connectivity index (χ3n) is 3.63. The minimum absolute atomic E-state index is 0.00803. The standard InChI is InChI=1S/C17H15NO3S/c1-21-15(19)11-17(22-12-7-3-2-4-8-12)13-9-5-6-10-14(13)18-16(17)20/h2-10H,11H2,1H3,(H,18,20)/t17-/m1/s1. The average Bonchev–Trinajstić information content (AvgIpc) is 2.81. The molecule has 112 valence electrons. The van der Waals surface area contributed by atoms with Gasteiger partial charge in [-0.2, -0.15) is 0 Å². The van der Waals surface area contributed by atoms with Gasteiger partial charge in [0, 0.05) is 16.1 Å². The molecule has 0 bridgehead atoms. The third-order valence-corrected chi connectivity index (χ3v) is 5.04. The fourth-order valence-corrected chi connectivity index (χ4v) is 3.89. The molecular formula is C17H15NO3S. The van der Waals surface area contributed by atoms with Crippen molar-refractivity contribution < 1.29 is 14.3 Å². The molecule has 0 aromatic heterocycles.